The molecule has 166 valence electrons. The summed E-state index contributed by atoms with van der Waals surface area (Å²) in [6.45, 7) is 6.31. The molecule has 32 heavy (non-hydrogen) atoms. The average Bonchev–Trinajstić information content (AvgIpc) is 3.12. The van der Waals surface area contributed by atoms with Crippen molar-refractivity contribution in [3.8, 4) is 0 Å². The van der Waals surface area contributed by atoms with Gasteiger partial charge in [0, 0.05) is 11.4 Å². The molecule has 0 saturated carbocycles. The average molecular weight is 468 g/mol. The number of nitrogens with one attached hydrogen (secondary N) is 1. The molecule has 0 aliphatic heterocycles. The molecule has 0 bridgehead atoms. The van der Waals surface area contributed by atoms with Gasteiger partial charge in [0.1, 0.15) is 4.83 Å². The van der Waals surface area contributed by atoms with Gasteiger partial charge in [0.2, 0.25) is 11.8 Å². The molecule has 0 saturated heterocycles. The molecule has 1 unspecified atom stereocenters. The number of hydrogen-bond donors (Lipinski definition) is 1. The highest BCUT2D eigenvalue weighted by molar-refractivity contribution is 7.99. The third kappa shape index (κ3) is 4.86. The van der Waals surface area contributed by atoms with Gasteiger partial charge in [-0.3, -0.25) is 24.3 Å². The lowest BCUT2D eigenvalue weighted by atomic mass is 9.89. The Balaban J connectivity index is 1.51. The predicted octanol–water partition coefficient (Wildman–Crippen LogP) is 3.75. The first-order valence-electron chi connectivity index (χ1n) is 10.6. The van der Waals surface area contributed by atoms with Crippen LogP contribution in [0, 0.1) is 5.92 Å². The second kappa shape index (κ2) is 9.83. The Labute approximate surface area is 194 Å². The highest BCUT2D eigenvalue weighted by Gasteiger charge is 2.24. The van der Waals surface area contributed by atoms with Crippen molar-refractivity contribution >= 4 is 45.1 Å². The molecule has 1 aliphatic carbocycles. The van der Waals surface area contributed by atoms with Crippen LogP contribution in [0.3, 0.4) is 0 Å². The van der Waals surface area contributed by atoms with Crippen molar-refractivity contribution in [1.82, 2.24) is 14.9 Å². The van der Waals surface area contributed by atoms with Crippen molar-refractivity contribution in [2.24, 2.45) is 5.92 Å². The molecule has 0 spiro atoms. The van der Waals surface area contributed by atoms with E-state index in [9.17, 15) is 14.4 Å². The van der Waals surface area contributed by atoms with Gasteiger partial charge < -0.3 is 0 Å². The van der Waals surface area contributed by atoms with Gasteiger partial charge in [0.15, 0.2) is 5.16 Å². The van der Waals surface area contributed by atoms with Crippen LogP contribution in [-0.4, -0.2) is 27.1 Å². The summed E-state index contributed by atoms with van der Waals surface area (Å²) in [4.78, 5) is 44.5. The lowest BCUT2D eigenvalue weighted by molar-refractivity contribution is -0.128. The summed E-state index contributed by atoms with van der Waals surface area (Å²) in [5.74, 6) is -0.155. The fourth-order valence-electron chi connectivity index (χ4n) is 3.95. The molecule has 1 atom stereocenters. The summed E-state index contributed by atoms with van der Waals surface area (Å²) in [5, 5.41) is 3.60. The molecule has 0 radical (unpaired) electrons. The molecule has 1 N–H and O–H groups in total. The highest BCUT2D eigenvalue weighted by atomic mass is 32.2. The van der Waals surface area contributed by atoms with Gasteiger partial charge in [0.25, 0.3) is 5.56 Å². The zero-order chi connectivity index (χ0) is 22.7. The Morgan fingerprint density at radius 2 is 2.09 bits per heavy atom. The van der Waals surface area contributed by atoms with E-state index in [0.717, 1.165) is 35.2 Å². The first kappa shape index (κ1) is 22.5. The number of allylic oxidation sites excluding steroid dienone is 1. The van der Waals surface area contributed by atoms with Crippen LogP contribution in [0.4, 0.5) is 0 Å². The van der Waals surface area contributed by atoms with E-state index in [1.165, 1.54) is 16.6 Å². The van der Waals surface area contributed by atoms with Gasteiger partial charge in [-0.2, -0.15) is 0 Å². The van der Waals surface area contributed by atoms with E-state index in [1.807, 2.05) is 30.3 Å². The van der Waals surface area contributed by atoms with Crippen LogP contribution in [0.25, 0.3) is 10.2 Å². The molecule has 2 heterocycles. The number of carbonyl (C=O) groups excluding carboxylic acids is 2. The number of fused-ring (bicyclic) bond motifs is 3. The molecule has 1 aliphatic rings. The number of carbonyl (C=O) groups is 2. The molecule has 2 aromatic heterocycles. The second-order valence-corrected chi connectivity index (χ2v) is 10.1. The molecule has 8 heteroatoms. The van der Waals surface area contributed by atoms with Gasteiger partial charge in [-0.15, -0.1) is 17.9 Å². The summed E-state index contributed by atoms with van der Waals surface area (Å²) < 4.78 is 1.57. The highest BCUT2D eigenvalue weighted by Crippen LogP contribution is 2.36. The molecule has 3 aromatic rings. The summed E-state index contributed by atoms with van der Waals surface area (Å²) in [7, 11) is 0. The topological polar surface area (TPSA) is 81.1 Å². The third-order valence-corrected chi connectivity index (χ3v) is 7.64. The fraction of sp³-hybridized carbons (Fsp3) is 0.333. The van der Waals surface area contributed by atoms with Gasteiger partial charge in [0.05, 0.1) is 17.6 Å². The van der Waals surface area contributed by atoms with Crippen molar-refractivity contribution in [1.29, 1.82) is 0 Å². The standard InChI is InChI=1S/C24H25N3O3S2/c1-3-11-27-23(30)21-17-10-9-15(2)12-18(17)32-22(21)26-24(27)31-14-20(29)25-19(28)13-16-7-5-4-6-8-16/h3-8,15H,1,9-14H2,2H3,(H,25,28,29). The SMILES string of the molecule is C=CCn1c(SCC(=O)NC(=O)Cc2ccccc2)nc2sc3c(c2c1=O)CCC(C)C3. The number of aromatic nitrogens is 2. The minimum atomic E-state index is -0.408. The zero-order valence-corrected chi connectivity index (χ0v) is 19.6. The molecule has 1 aromatic carbocycles. The van der Waals surface area contributed by atoms with Gasteiger partial charge in [-0.05, 0) is 36.3 Å². The Kier molecular flexibility index (Phi) is 6.91. The number of aryl methyl sites for hydroxylation is 1. The van der Waals surface area contributed by atoms with Crippen LogP contribution >= 0.6 is 23.1 Å². The number of benzene rings is 1. The van der Waals surface area contributed by atoms with Crippen molar-refractivity contribution in [3.63, 3.8) is 0 Å². The molecule has 4 rings (SSSR count). The smallest absolute Gasteiger partial charge is 0.263 e. The first-order valence-corrected chi connectivity index (χ1v) is 12.4. The second-order valence-electron chi connectivity index (χ2n) is 8.05. The number of rotatable bonds is 7. The van der Waals surface area contributed by atoms with Crippen LogP contribution in [0.5, 0.6) is 0 Å². The maximum atomic E-state index is 13.3. The summed E-state index contributed by atoms with van der Waals surface area (Å²) in [6.07, 6.45) is 4.75. The van der Waals surface area contributed by atoms with Crippen molar-refractivity contribution < 1.29 is 9.59 Å². The number of thiophene rings is 1. The van der Waals surface area contributed by atoms with Gasteiger partial charge in [-0.25, -0.2) is 4.98 Å². The number of amides is 2. The van der Waals surface area contributed by atoms with E-state index in [1.54, 1.807) is 22.0 Å². The Morgan fingerprint density at radius 3 is 2.84 bits per heavy atom. The zero-order valence-electron chi connectivity index (χ0n) is 17.9. The minimum absolute atomic E-state index is 0.00224. The van der Waals surface area contributed by atoms with Crippen LogP contribution < -0.4 is 10.9 Å². The van der Waals surface area contributed by atoms with Gasteiger partial charge >= 0.3 is 0 Å². The predicted molar refractivity (Wildman–Crippen MR) is 129 cm³/mol. The summed E-state index contributed by atoms with van der Waals surface area (Å²) in [6, 6.07) is 9.26. The van der Waals surface area contributed by atoms with Crippen LogP contribution in [-0.2, 0) is 35.4 Å². The number of thioether (sulfide) groups is 1. The largest absolute Gasteiger partial charge is 0.295 e. The van der Waals surface area contributed by atoms with E-state index in [4.69, 9.17) is 4.98 Å². The maximum Gasteiger partial charge on any atom is 0.263 e. The fourth-order valence-corrected chi connectivity index (χ4v) is 6.18. The molecule has 6 nitrogen and oxygen atoms in total. The molecular weight excluding hydrogens is 442 g/mol. The summed E-state index contributed by atoms with van der Waals surface area (Å²) in [5.41, 5.74) is 1.90. The summed E-state index contributed by atoms with van der Waals surface area (Å²) >= 11 is 2.75. The Hall–Kier alpha value is -2.71. The van der Waals surface area contributed by atoms with E-state index in [-0.39, 0.29) is 23.6 Å². The lowest BCUT2D eigenvalue weighted by Gasteiger charge is -2.17. The maximum absolute atomic E-state index is 13.3. The van der Waals surface area contributed by atoms with E-state index >= 15 is 0 Å². The van der Waals surface area contributed by atoms with E-state index in [0.29, 0.717) is 23.0 Å². The quantitative estimate of drug-likeness (QED) is 0.325. The van der Waals surface area contributed by atoms with Crippen LogP contribution in [0.1, 0.15) is 29.3 Å². The molecular formula is C24H25N3O3S2. The van der Waals surface area contributed by atoms with Crippen LogP contribution in [0.15, 0.2) is 52.9 Å². The number of hydrogen-bond acceptors (Lipinski definition) is 6. The van der Waals surface area contributed by atoms with E-state index < -0.39 is 5.91 Å². The Morgan fingerprint density at radius 1 is 1.31 bits per heavy atom. The number of nitrogens with zero attached hydrogens (tertiary/aromatic N) is 2. The number of imide groups is 1. The molecule has 0 fully saturated rings. The first-order chi connectivity index (χ1) is 15.5. The van der Waals surface area contributed by atoms with Gasteiger partial charge in [-0.1, -0.05) is 55.1 Å². The lowest BCUT2D eigenvalue weighted by Crippen LogP contribution is -2.33. The van der Waals surface area contributed by atoms with Crippen LogP contribution in [0.2, 0.25) is 0 Å². The Bertz CT molecular complexity index is 1230. The monoisotopic (exact) mass is 467 g/mol. The van der Waals surface area contributed by atoms with Crippen molar-refractivity contribution in [2.75, 3.05) is 5.75 Å². The normalized spacial score (nSPS) is 15.3. The van der Waals surface area contributed by atoms with Crippen molar-refractivity contribution in [2.45, 2.75) is 44.3 Å². The third-order valence-electron chi connectivity index (χ3n) is 5.51. The minimum Gasteiger partial charge on any atom is -0.295 e. The molecule has 2 amide bonds. The van der Waals surface area contributed by atoms with E-state index in [2.05, 4.69) is 18.8 Å². The van der Waals surface area contributed by atoms with Crippen molar-refractivity contribution in [3.05, 3.63) is 69.3 Å².